The Bertz CT molecular complexity index is 1390. The van der Waals surface area contributed by atoms with Gasteiger partial charge < -0.3 is 29.5 Å². The molecule has 2 amide bonds. The highest BCUT2D eigenvalue weighted by atomic mass is 16.5. The van der Waals surface area contributed by atoms with E-state index in [0.29, 0.717) is 0 Å². The first-order valence-electron chi connectivity index (χ1n) is 14.2. The Labute approximate surface area is 240 Å². The molecular formula is C32H40N2O7. The van der Waals surface area contributed by atoms with Gasteiger partial charge in [0.15, 0.2) is 0 Å². The monoisotopic (exact) mass is 564 g/mol. The number of benzene rings is 2. The molecule has 2 aliphatic heterocycles. The highest BCUT2D eigenvalue weighted by molar-refractivity contribution is 5.91. The molecule has 1 spiro atoms. The van der Waals surface area contributed by atoms with Crippen LogP contribution in [0.1, 0.15) is 64.0 Å². The van der Waals surface area contributed by atoms with Gasteiger partial charge in [-0.15, -0.1) is 0 Å². The summed E-state index contributed by atoms with van der Waals surface area (Å²) in [6.07, 6.45) is 7.33. The second-order valence-electron chi connectivity index (χ2n) is 12.8. The zero-order valence-electron chi connectivity index (χ0n) is 24.5. The molecule has 1 saturated heterocycles. The van der Waals surface area contributed by atoms with E-state index >= 15 is 0 Å². The lowest BCUT2D eigenvalue weighted by atomic mass is 9.85. The van der Waals surface area contributed by atoms with Crippen molar-refractivity contribution in [1.29, 1.82) is 0 Å². The fraction of sp³-hybridized carbons (Fsp3) is 0.531. The standard InChI is InChI=1S/C32H40N2O7/c1-30(2,3)26-27(35)34-19-32(40-5,18-24(34)28(36)37)23-9-8-20-17-25(39-4)21(15-22(20)16-23)7-6-10-31(11-12-31)13-14-41-29(38)33-26/h6-9,15-17,24,26H,10-14,18-19H2,1-5H3,(H,33,38)(H,36,37)/t24-,26+,32-/m0/s1. The van der Waals surface area contributed by atoms with Crippen LogP contribution in [0.4, 0.5) is 4.79 Å². The van der Waals surface area contributed by atoms with Crippen molar-refractivity contribution in [2.75, 3.05) is 27.4 Å². The van der Waals surface area contributed by atoms with Crippen LogP contribution in [0.2, 0.25) is 0 Å². The van der Waals surface area contributed by atoms with Crippen molar-refractivity contribution in [3.8, 4) is 5.75 Å². The lowest BCUT2D eigenvalue weighted by Crippen LogP contribution is -2.57. The molecule has 3 aliphatic rings. The number of alkyl carbamates (subject to hydrolysis) is 1. The summed E-state index contributed by atoms with van der Waals surface area (Å²) in [5.74, 6) is -0.841. The number of allylic oxidation sites excluding steroid dienone is 1. The van der Waals surface area contributed by atoms with E-state index in [9.17, 15) is 19.5 Å². The lowest BCUT2D eigenvalue weighted by Gasteiger charge is -2.35. The Morgan fingerprint density at radius 1 is 1.10 bits per heavy atom. The quantitative estimate of drug-likeness (QED) is 0.533. The van der Waals surface area contributed by atoms with Gasteiger partial charge in [-0.3, -0.25) is 4.79 Å². The highest BCUT2D eigenvalue weighted by Gasteiger charge is 2.53. The van der Waals surface area contributed by atoms with Gasteiger partial charge in [0.1, 0.15) is 23.4 Å². The summed E-state index contributed by atoms with van der Waals surface area (Å²) >= 11 is 0. The van der Waals surface area contributed by atoms with Crippen LogP contribution in [0.15, 0.2) is 36.4 Å². The van der Waals surface area contributed by atoms with Gasteiger partial charge in [-0.1, -0.05) is 45.1 Å². The summed E-state index contributed by atoms with van der Waals surface area (Å²) in [6, 6.07) is 7.85. The van der Waals surface area contributed by atoms with Gasteiger partial charge >= 0.3 is 12.1 Å². The zero-order chi connectivity index (χ0) is 29.6. The Balaban J connectivity index is 1.61. The number of fused-ring (bicyclic) bond motifs is 5. The van der Waals surface area contributed by atoms with Gasteiger partial charge in [0, 0.05) is 19.1 Å². The van der Waals surface area contributed by atoms with E-state index in [-0.39, 0.29) is 25.0 Å². The molecule has 1 saturated carbocycles. The third-order valence-corrected chi connectivity index (χ3v) is 9.04. The summed E-state index contributed by atoms with van der Waals surface area (Å²) in [5, 5.41) is 14.9. The molecule has 0 aromatic heterocycles. The molecule has 1 aliphatic carbocycles. The molecule has 220 valence electrons. The summed E-state index contributed by atoms with van der Waals surface area (Å²) in [5.41, 5.74) is 0.0708. The molecule has 9 nitrogen and oxygen atoms in total. The second kappa shape index (κ2) is 10.7. The number of hydrogen-bond donors (Lipinski definition) is 2. The van der Waals surface area contributed by atoms with Gasteiger partial charge in [0.25, 0.3) is 0 Å². The van der Waals surface area contributed by atoms with Crippen molar-refractivity contribution >= 4 is 34.8 Å². The van der Waals surface area contributed by atoms with Crippen LogP contribution in [0.25, 0.3) is 16.8 Å². The number of carbonyl (C=O) groups excluding carboxylic acids is 2. The Hall–Kier alpha value is -3.59. The van der Waals surface area contributed by atoms with Crippen molar-refractivity contribution in [1.82, 2.24) is 10.2 Å². The van der Waals surface area contributed by atoms with Crippen molar-refractivity contribution < 1.29 is 33.7 Å². The maximum absolute atomic E-state index is 14.0. The zero-order valence-corrected chi connectivity index (χ0v) is 24.5. The van der Waals surface area contributed by atoms with E-state index in [0.717, 1.165) is 53.3 Å². The van der Waals surface area contributed by atoms with Crippen molar-refractivity contribution in [3.05, 3.63) is 47.5 Å². The number of aliphatic carboxylic acids is 1. The molecule has 3 atom stereocenters. The van der Waals surface area contributed by atoms with Crippen molar-refractivity contribution in [3.63, 3.8) is 0 Å². The number of amides is 2. The molecule has 0 unspecified atom stereocenters. The number of methoxy groups -OCH3 is 2. The van der Waals surface area contributed by atoms with E-state index in [2.05, 4.69) is 23.5 Å². The maximum atomic E-state index is 14.0. The molecule has 2 heterocycles. The average molecular weight is 565 g/mol. The first-order valence-corrected chi connectivity index (χ1v) is 14.2. The largest absolute Gasteiger partial charge is 0.496 e. The van der Waals surface area contributed by atoms with E-state index in [1.54, 1.807) is 14.2 Å². The fourth-order valence-corrected chi connectivity index (χ4v) is 6.19. The first-order chi connectivity index (χ1) is 19.4. The predicted octanol–water partition coefficient (Wildman–Crippen LogP) is 5.10. The number of nitrogens with one attached hydrogen (secondary N) is 1. The third kappa shape index (κ3) is 5.64. The molecule has 2 N–H and O–H groups in total. The lowest BCUT2D eigenvalue weighted by molar-refractivity contribution is -0.150. The molecule has 5 rings (SSSR count). The molecule has 0 radical (unpaired) electrons. The summed E-state index contributed by atoms with van der Waals surface area (Å²) in [6.45, 7) is 5.77. The molecule has 5 bridgehead atoms. The van der Waals surface area contributed by atoms with Crippen LogP contribution in [0, 0.1) is 10.8 Å². The normalized spacial score (nSPS) is 26.4. The topological polar surface area (TPSA) is 114 Å². The van der Waals surface area contributed by atoms with E-state index in [1.165, 1.54) is 4.90 Å². The summed E-state index contributed by atoms with van der Waals surface area (Å²) < 4.78 is 17.3. The second-order valence-corrected chi connectivity index (χ2v) is 12.8. The molecule has 2 aromatic rings. The van der Waals surface area contributed by atoms with Gasteiger partial charge in [-0.05, 0) is 71.0 Å². The van der Waals surface area contributed by atoms with Crippen LogP contribution in [-0.2, 0) is 24.7 Å². The Morgan fingerprint density at radius 3 is 2.49 bits per heavy atom. The van der Waals surface area contributed by atoms with Crippen LogP contribution in [0.3, 0.4) is 0 Å². The number of rotatable bonds is 3. The summed E-state index contributed by atoms with van der Waals surface area (Å²) in [7, 11) is 3.19. The number of carboxylic acids is 1. The number of nitrogens with zero attached hydrogens (tertiary/aromatic N) is 1. The molecule has 2 fully saturated rings. The van der Waals surface area contributed by atoms with Crippen LogP contribution in [-0.4, -0.2) is 67.4 Å². The minimum atomic E-state index is -1.13. The Kier molecular flexibility index (Phi) is 7.53. The van der Waals surface area contributed by atoms with Gasteiger partial charge in [0.2, 0.25) is 5.91 Å². The molecule has 2 aromatic carbocycles. The van der Waals surface area contributed by atoms with Crippen molar-refractivity contribution in [2.45, 2.75) is 70.6 Å². The SMILES string of the molecule is COc1cc2ccc3cc2cc1C=CCC1(CCOC(=O)N[C@@H](C(C)(C)C)C(=O)N2C[C@@]3(OC)C[C@H]2C(=O)O)CC1. The number of hydrogen-bond acceptors (Lipinski definition) is 6. The van der Waals surface area contributed by atoms with Gasteiger partial charge in [-0.25, -0.2) is 9.59 Å². The van der Waals surface area contributed by atoms with Gasteiger partial charge in [0.05, 0.1) is 20.3 Å². The van der Waals surface area contributed by atoms with E-state index in [1.807, 2.05) is 45.0 Å². The smallest absolute Gasteiger partial charge is 0.407 e. The summed E-state index contributed by atoms with van der Waals surface area (Å²) in [4.78, 5) is 40.7. The number of ether oxygens (including phenoxy) is 3. The predicted molar refractivity (Wildman–Crippen MR) is 155 cm³/mol. The number of carboxylic acid groups (broad SMARTS) is 1. The average Bonchev–Trinajstić information content (AvgIpc) is 3.57. The van der Waals surface area contributed by atoms with E-state index in [4.69, 9.17) is 14.2 Å². The first kappa shape index (κ1) is 28.9. The van der Waals surface area contributed by atoms with Crippen LogP contribution >= 0.6 is 0 Å². The molecule has 9 heteroatoms. The van der Waals surface area contributed by atoms with E-state index < -0.39 is 41.1 Å². The number of cyclic esters (lactones) is 1. The minimum absolute atomic E-state index is 0.0273. The Morgan fingerprint density at radius 2 is 1.85 bits per heavy atom. The molecular weight excluding hydrogens is 524 g/mol. The maximum Gasteiger partial charge on any atom is 0.407 e. The van der Waals surface area contributed by atoms with Gasteiger partial charge in [-0.2, -0.15) is 0 Å². The fourth-order valence-electron chi connectivity index (χ4n) is 6.19. The molecule has 41 heavy (non-hydrogen) atoms. The third-order valence-electron chi connectivity index (χ3n) is 9.04. The highest BCUT2D eigenvalue weighted by Crippen LogP contribution is 2.52. The van der Waals surface area contributed by atoms with Crippen LogP contribution < -0.4 is 10.1 Å². The van der Waals surface area contributed by atoms with Crippen LogP contribution in [0.5, 0.6) is 5.75 Å². The number of carbonyl (C=O) groups is 3. The minimum Gasteiger partial charge on any atom is -0.496 e. The van der Waals surface area contributed by atoms with Crippen molar-refractivity contribution in [2.24, 2.45) is 10.8 Å².